The van der Waals surface area contributed by atoms with Crippen LogP contribution >= 0.6 is 0 Å². The highest BCUT2D eigenvalue weighted by atomic mass is 16.6. The SMILES string of the molecule is CCc1cc(OCCCCCCOC(=O)C2=C(C)NC(C)=C(C(=O)OCC(C)C)C2c2cccc([N+](=O)[O-])c2)n[nH]1. The molecule has 0 saturated carbocycles. The first-order chi connectivity index (χ1) is 19.6. The highest BCUT2D eigenvalue weighted by Gasteiger charge is 2.38. The van der Waals surface area contributed by atoms with E-state index in [0.717, 1.165) is 31.4 Å². The van der Waals surface area contributed by atoms with Crippen molar-refractivity contribution in [1.82, 2.24) is 15.5 Å². The Bertz CT molecular complexity index is 1300. The molecule has 0 aliphatic carbocycles. The molecule has 1 aromatic carbocycles. The number of nitrogens with one attached hydrogen (secondary N) is 2. The molecule has 222 valence electrons. The first kappa shape index (κ1) is 31.4. The fraction of sp³-hybridized carbons (Fsp3) is 0.500. The molecule has 2 aromatic rings. The lowest BCUT2D eigenvalue weighted by atomic mass is 9.80. The van der Waals surface area contributed by atoms with Gasteiger partial charge in [-0.15, -0.1) is 5.10 Å². The molecule has 0 amide bonds. The number of nitro benzene ring substituents is 1. The number of non-ortho nitro benzene ring substituents is 1. The van der Waals surface area contributed by atoms with Gasteiger partial charge in [0.2, 0.25) is 5.88 Å². The summed E-state index contributed by atoms with van der Waals surface area (Å²) >= 11 is 0. The van der Waals surface area contributed by atoms with E-state index in [2.05, 4.69) is 15.5 Å². The van der Waals surface area contributed by atoms with Gasteiger partial charge in [0.05, 0.1) is 41.8 Å². The van der Waals surface area contributed by atoms with Crippen molar-refractivity contribution < 1.29 is 28.7 Å². The molecule has 0 radical (unpaired) electrons. The number of carbonyl (C=O) groups excluding carboxylic acids is 2. The van der Waals surface area contributed by atoms with Gasteiger partial charge >= 0.3 is 11.9 Å². The molecular weight excluding hydrogens is 528 g/mol. The summed E-state index contributed by atoms with van der Waals surface area (Å²) in [7, 11) is 0. The van der Waals surface area contributed by atoms with Crippen LogP contribution in [-0.2, 0) is 25.5 Å². The van der Waals surface area contributed by atoms with Crippen LogP contribution in [0, 0.1) is 16.0 Å². The zero-order chi connectivity index (χ0) is 29.9. The molecule has 1 aliphatic heterocycles. The van der Waals surface area contributed by atoms with Crippen LogP contribution in [0.4, 0.5) is 5.69 Å². The van der Waals surface area contributed by atoms with Crippen LogP contribution < -0.4 is 10.1 Å². The van der Waals surface area contributed by atoms with E-state index in [1.54, 1.807) is 26.0 Å². The third-order valence-corrected chi connectivity index (χ3v) is 6.67. The minimum Gasteiger partial charge on any atom is -0.477 e. The minimum absolute atomic E-state index is 0.111. The Labute approximate surface area is 240 Å². The number of ether oxygens (including phenoxy) is 3. The van der Waals surface area contributed by atoms with E-state index in [4.69, 9.17) is 14.2 Å². The van der Waals surface area contributed by atoms with Crippen molar-refractivity contribution in [3.05, 3.63) is 74.2 Å². The topological polar surface area (TPSA) is 146 Å². The van der Waals surface area contributed by atoms with Crippen LogP contribution in [0.2, 0.25) is 0 Å². The lowest BCUT2D eigenvalue weighted by Crippen LogP contribution is -2.33. The minimum atomic E-state index is -0.879. The van der Waals surface area contributed by atoms with Gasteiger partial charge in [0, 0.05) is 35.3 Å². The van der Waals surface area contributed by atoms with Crippen LogP contribution in [0.15, 0.2) is 52.9 Å². The van der Waals surface area contributed by atoms with Crippen molar-refractivity contribution in [3.8, 4) is 5.88 Å². The number of carbonyl (C=O) groups is 2. The van der Waals surface area contributed by atoms with Crippen molar-refractivity contribution >= 4 is 17.6 Å². The Morgan fingerprint density at radius 1 is 1.00 bits per heavy atom. The highest BCUT2D eigenvalue weighted by Crippen LogP contribution is 2.40. The maximum absolute atomic E-state index is 13.4. The number of nitro groups is 1. The van der Waals surface area contributed by atoms with Gasteiger partial charge in [-0.05, 0) is 57.4 Å². The standard InChI is InChI=1S/C30H40N4O7/c1-6-23-17-25(33-32-23)39-14-9-7-8-10-15-40-29(35)26-20(4)31-21(5)27(30(36)41-18-19(2)3)28(26)22-12-11-13-24(16-22)34(37)38/h11-13,16-17,19,28,31H,6-10,14-15,18H2,1-5H3,(H,32,33). The summed E-state index contributed by atoms with van der Waals surface area (Å²) in [5.41, 5.74) is 2.82. The summed E-state index contributed by atoms with van der Waals surface area (Å²) < 4.78 is 16.8. The normalized spacial score (nSPS) is 15.1. The summed E-state index contributed by atoms with van der Waals surface area (Å²) in [5, 5.41) is 21.6. The number of aryl methyl sites for hydroxylation is 1. The molecule has 2 N–H and O–H groups in total. The van der Waals surface area contributed by atoms with Crippen molar-refractivity contribution in [2.24, 2.45) is 5.92 Å². The van der Waals surface area contributed by atoms with Gasteiger partial charge < -0.3 is 19.5 Å². The molecule has 0 fully saturated rings. The second kappa shape index (κ2) is 15.0. The van der Waals surface area contributed by atoms with Crippen LogP contribution in [0.5, 0.6) is 5.88 Å². The number of hydrogen-bond acceptors (Lipinski definition) is 9. The number of benzene rings is 1. The van der Waals surface area contributed by atoms with Gasteiger partial charge in [0.25, 0.3) is 5.69 Å². The molecule has 11 nitrogen and oxygen atoms in total. The van der Waals surface area contributed by atoms with Crippen LogP contribution in [-0.4, -0.2) is 46.9 Å². The van der Waals surface area contributed by atoms with E-state index in [9.17, 15) is 19.7 Å². The number of aromatic nitrogens is 2. The Morgan fingerprint density at radius 3 is 2.27 bits per heavy atom. The van der Waals surface area contributed by atoms with E-state index >= 15 is 0 Å². The molecule has 2 heterocycles. The first-order valence-corrected chi connectivity index (χ1v) is 14.1. The second-order valence-corrected chi connectivity index (χ2v) is 10.5. The van der Waals surface area contributed by atoms with Crippen LogP contribution in [0.25, 0.3) is 0 Å². The molecule has 11 heteroatoms. The quantitative estimate of drug-likeness (QED) is 0.123. The van der Waals surface area contributed by atoms with Gasteiger partial charge in [-0.1, -0.05) is 32.9 Å². The molecule has 0 spiro atoms. The molecule has 41 heavy (non-hydrogen) atoms. The Balaban J connectivity index is 1.65. The van der Waals surface area contributed by atoms with Gasteiger partial charge in [0.1, 0.15) is 0 Å². The number of dihydropyridines is 1. The lowest BCUT2D eigenvalue weighted by Gasteiger charge is -2.30. The van der Waals surface area contributed by atoms with Crippen molar-refractivity contribution in [1.29, 1.82) is 0 Å². The van der Waals surface area contributed by atoms with E-state index in [-0.39, 0.29) is 36.0 Å². The number of esters is 2. The average Bonchev–Trinajstić information content (AvgIpc) is 3.40. The summed E-state index contributed by atoms with van der Waals surface area (Å²) in [6.45, 7) is 10.3. The zero-order valence-electron chi connectivity index (χ0n) is 24.5. The number of nitrogens with zero attached hydrogens (tertiary/aromatic N) is 2. The lowest BCUT2D eigenvalue weighted by molar-refractivity contribution is -0.384. The largest absolute Gasteiger partial charge is 0.477 e. The smallest absolute Gasteiger partial charge is 0.336 e. The number of aromatic amines is 1. The maximum Gasteiger partial charge on any atom is 0.336 e. The Morgan fingerprint density at radius 2 is 1.66 bits per heavy atom. The number of H-pyrrole nitrogens is 1. The first-order valence-electron chi connectivity index (χ1n) is 14.1. The Kier molecular flexibility index (Phi) is 11.5. The fourth-order valence-corrected chi connectivity index (χ4v) is 4.58. The molecule has 3 rings (SSSR count). The number of rotatable bonds is 15. The third-order valence-electron chi connectivity index (χ3n) is 6.67. The van der Waals surface area contributed by atoms with Crippen molar-refractivity contribution in [3.63, 3.8) is 0 Å². The number of unbranched alkanes of at least 4 members (excludes halogenated alkanes) is 3. The monoisotopic (exact) mass is 568 g/mol. The summed E-state index contributed by atoms with van der Waals surface area (Å²) in [4.78, 5) is 37.6. The summed E-state index contributed by atoms with van der Waals surface area (Å²) in [6.07, 6.45) is 4.11. The van der Waals surface area contributed by atoms with Gasteiger partial charge in [0.15, 0.2) is 0 Å². The summed E-state index contributed by atoms with van der Waals surface area (Å²) in [6, 6.07) is 7.85. The molecule has 1 unspecified atom stereocenters. The second-order valence-electron chi connectivity index (χ2n) is 10.5. The summed E-state index contributed by atoms with van der Waals surface area (Å²) in [5.74, 6) is -1.34. The molecular formula is C30H40N4O7. The van der Waals surface area contributed by atoms with E-state index < -0.39 is 22.8 Å². The maximum atomic E-state index is 13.4. The zero-order valence-corrected chi connectivity index (χ0v) is 24.5. The highest BCUT2D eigenvalue weighted by molar-refractivity contribution is 6.00. The number of allylic oxidation sites excluding steroid dienone is 2. The third kappa shape index (κ3) is 8.67. The van der Waals surface area contributed by atoms with E-state index in [0.29, 0.717) is 35.9 Å². The number of hydrogen-bond donors (Lipinski definition) is 2. The van der Waals surface area contributed by atoms with Gasteiger partial charge in [-0.25, -0.2) is 9.59 Å². The van der Waals surface area contributed by atoms with Crippen LogP contribution in [0.1, 0.15) is 77.5 Å². The molecule has 0 bridgehead atoms. The van der Waals surface area contributed by atoms with Gasteiger partial charge in [-0.2, -0.15) is 0 Å². The Hall–Kier alpha value is -4.15. The van der Waals surface area contributed by atoms with Crippen molar-refractivity contribution in [2.45, 2.75) is 72.6 Å². The fourth-order valence-electron chi connectivity index (χ4n) is 4.58. The van der Waals surface area contributed by atoms with Crippen molar-refractivity contribution in [2.75, 3.05) is 19.8 Å². The molecule has 1 atom stereocenters. The average molecular weight is 569 g/mol. The van der Waals surface area contributed by atoms with E-state index in [1.165, 1.54) is 12.1 Å². The molecule has 1 aromatic heterocycles. The molecule has 0 saturated heterocycles. The molecule has 1 aliphatic rings. The predicted molar refractivity (Wildman–Crippen MR) is 153 cm³/mol. The van der Waals surface area contributed by atoms with Gasteiger partial charge in [-0.3, -0.25) is 15.2 Å². The predicted octanol–water partition coefficient (Wildman–Crippen LogP) is 5.50. The van der Waals surface area contributed by atoms with Crippen LogP contribution in [0.3, 0.4) is 0 Å². The van der Waals surface area contributed by atoms with E-state index in [1.807, 2.05) is 26.8 Å².